The molecule has 0 amide bonds. The summed E-state index contributed by atoms with van der Waals surface area (Å²) in [6.07, 6.45) is 2.47. The largest absolute Gasteiger partial charge is 0.846 e. The Balaban J connectivity index is 2.07. The standard InChI is InChI=1S/C14H18N4O2/c1-11(9-12-7-5-4-6-8-12)18-10-13(20-16-18)15-14(19)17(2)3/h4-8,10-11H,9H2,1-3H3/t11-/m0/s1. The van der Waals surface area contributed by atoms with Crippen LogP contribution in [0.1, 0.15) is 18.5 Å². The zero-order chi connectivity index (χ0) is 14.5. The zero-order valence-corrected chi connectivity index (χ0v) is 11.9. The third-order valence-electron chi connectivity index (χ3n) is 2.89. The predicted octanol–water partition coefficient (Wildman–Crippen LogP) is 0.675. The van der Waals surface area contributed by atoms with Gasteiger partial charge in [0, 0.05) is 27.4 Å². The van der Waals surface area contributed by atoms with Gasteiger partial charge in [0.05, 0.1) is 6.02 Å². The maximum absolute atomic E-state index is 11.4. The summed E-state index contributed by atoms with van der Waals surface area (Å²) in [5.74, 6) is 0.212. The molecule has 0 aliphatic carbocycles. The van der Waals surface area contributed by atoms with E-state index in [1.54, 1.807) is 25.0 Å². The fourth-order valence-corrected chi connectivity index (χ4v) is 1.75. The van der Waals surface area contributed by atoms with E-state index >= 15 is 0 Å². The van der Waals surface area contributed by atoms with Crippen LogP contribution < -0.4 is 9.79 Å². The summed E-state index contributed by atoms with van der Waals surface area (Å²) in [5.41, 5.74) is 1.22. The molecular formula is C14H18N4O2. The molecule has 1 atom stereocenters. The molecule has 1 aromatic carbocycles. The molecule has 1 heterocycles. The Morgan fingerprint density at radius 2 is 2.10 bits per heavy atom. The molecule has 20 heavy (non-hydrogen) atoms. The van der Waals surface area contributed by atoms with E-state index in [2.05, 4.69) is 22.4 Å². The van der Waals surface area contributed by atoms with E-state index in [4.69, 9.17) is 4.52 Å². The monoisotopic (exact) mass is 274 g/mol. The number of hydrogen-bond acceptors (Lipinski definition) is 4. The van der Waals surface area contributed by atoms with E-state index in [0.717, 1.165) is 6.42 Å². The predicted molar refractivity (Wildman–Crippen MR) is 72.3 cm³/mol. The minimum absolute atomic E-state index is 0.125. The maximum atomic E-state index is 11.4. The van der Waals surface area contributed by atoms with Crippen molar-refractivity contribution in [2.24, 2.45) is 4.99 Å². The summed E-state index contributed by atoms with van der Waals surface area (Å²) in [4.78, 5) is 5.18. The van der Waals surface area contributed by atoms with Gasteiger partial charge < -0.3 is 10.0 Å². The first kappa shape index (κ1) is 14.0. The Bertz CT molecular complexity index is 578. The summed E-state index contributed by atoms with van der Waals surface area (Å²) in [6.45, 7) is 2.03. The number of aromatic nitrogens is 2. The van der Waals surface area contributed by atoms with E-state index < -0.39 is 0 Å². The van der Waals surface area contributed by atoms with Gasteiger partial charge in [0.2, 0.25) is 5.27 Å². The lowest BCUT2D eigenvalue weighted by atomic mass is 10.1. The average Bonchev–Trinajstić information content (AvgIpc) is 2.88. The van der Waals surface area contributed by atoms with Crippen LogP contribution in [0.4, 0.5) is 5.88 Å². The number of rotatable bonds is 4. The molecule has 0 saturated carbocycles. The van der Waals surface area contributed by atoms with Crippen molar-refractivity contribution in [2.75, 3.05) is 14.1 Å². The number of amidine groups is 1. The minimum atomic E-state index is -0.371. The average molecular weight is 274 g/mol. The van der Waals surface area contributed by atoms with Gasteiger partial charge in [-0.1, -0.05) is 30.3 Å². The molecule has 6 nitrogen and oxygen atoms in total. The number of benzene rings is 1. The lowest BCUT2D eigenvalue weighted by Crippen LogP contribution is -2.40. The molecule has 2 aromatic rings. The molecule has 2 rings (SSSR count). The second-order valence-corrected chi connectivity index (χ2v) is 4.85. The van der Waals surface area contributed by atoms with Crippen LogP contribution in [0.3, 0.4) is 0 Å². The van der Waals surface area contributed by atoms with Crippen LogP contribution in [0.5, 0.6) is 0 Å². The minimum Gasteiger partial charge on any atom is -0.846 e. The normalized spacial score (nSPS) is 13.2. The molecule has 0 spiro atoms. The van der Waals surface area contributed by atoms with Crippen molar-refractivity contribution in [3.05, 3.63) is 42.1 Å². The molecule has 1 aromatic heterocycles. The van der Waals surface area contributed by atoms with Crippen molar-refractivity contribution in [3.63, 3.8) is 0 Å². The second kappa shape index (κ2) is 6.18. The maximum Gasteiger partial charge on any atom is 0.322 e. The molecule has 106 valence electrons. The van der Waals surface area contributed by atoms with Crippen molar-refractivity contribution in [1.29, 1.82) is 0 Å². The fraction of sp³-hybridized carbons (Fsp3) is 0.357. The van der Waals surface area contributed by atoms with Gasteiger partial charge in [-0.3, -0.25) is 4.52 Å². The molecule has 0 aliphatic rings. The lowest BCUT2D eigenvalue weighted by molar-refractivity contribution is -0.782. The molecule has 0 unspecified atom stereocenters. The number of hydrogen-bond donors (Lipinski definition) is 0. The third-order valence-corrected chi connectivity index (χ3v) is 2.89. The van der Waals surface area contributed by atoms with Gasteiger partial charge in [-0.15, -0.1) is 0 Å². The van der Waals surface area contributed by atoms with E-state index in [9.17, 15) is 5.11 Å². The van der Waals surface area contributed by atoms with Crippen molar-refractivity contribution in [2.45, 2.75) is 19.4 Å². The van der Waals surface area contributed by atoms with Gasteiger partial charge in [-0.05, 0) is 10.2 Å². The van der Waals surface area contributed by atoms with Gasteiger partial charge in [0.15, 0.2) is 6.04 Å². The Morgan fingerprint density at radius 3 is 2.75 bits per heavy atom. The molecule has 0 N–H and O–H groups in total. The zero-order valence-electron chi connectivity index (χ0n) is 11.9. The van der Waals surface area contributed by atoms with Crippen LogP contribution in [0.25, 0.3) is 0 Å². The molecule has 6 heteroatoms. The highest BCUT2D eigenvalue weighted by molar-refractivity contribution is 5.70. The summed E-state index contributed by atoms with van der Waals surface area (Å²) >= 11 is 0. The van der Waals surface area contributed by atoms with Crippen LogP contribution in [0, 0.1) is 0 Å². The SMILES string of the molecule is C[C@@H](Cc1ccccc1)[n+]1cc(N=C([O-])N(C)C)on1. The van der Waals surface area contributed by atoms with E-state index in [1.807, 2.05) is 25.1 Å². The van der Waals surface area contributed by atoms with E-state index in [-0.39, 0.29) is 17.9 Å². The van der Waals surface area contributed by atoms with Crippen LogP contribution >= 0.6 is 0 Å². The van der Waals surface area contributed by atoms with Crippen molar-refractivity contribution < 1.29 is 14.3 Å². The quantitative estimate of drug-likeness (QED) is 0.467. The highest BCUT2D eigenvalue weighted by Gasteiger charge is 2.19. The summed E-state index contributed by atoms with van der Waals surface area (Å²) in [5, 5.41) is 15.3. The smallest absolute Gasteiger partial charge is 0.322 e. The van der Waals surface area contributed by atoms with Gasteiger partial charge in [0.25, 0.3) is 6.20 Å². The molecule has 0 saturated heterocycles. The van der Waals surface area contributed by atoms with E-state index in [0.29, 0.717) is 0 Å². The van der Waals surface area contributed by atoms with Gasteiger partial charge in [0.1, 0.15) is 0 Å². The Morgan fingerprint density at radius 1 is 1.40 bits per heavy atom. The molecule has 0 bridgehead atoms. The lowest BCUT2D eigenvalue weighted by Gasteiger charge is -2.17. The first-order valence-corrected chi connectivity index (χ1v) is 6.41. The third kappa shape index (κ3) is 3.57. The van der Waals surface area contributed by atoms with Crippen LogP contribution in [0.2, 0.25) is 0 Å². The molecule has 0 aliphatic heterocycles. The topological polar surface area (TPSA) is 68.6 Å². The molecule has 0 fully saturated rings. The Labute approximate surface area is 117 Å². The highest BCUT2D eigenvalue weighted by atomic mass is 16.5. The first-order valence-electron chi connectivity index (χ1n) is 6.41. The first-order chi connectivity index (χ1) is 9.56. The van der Waals surface area contributed by atoms with Crippen molar-refractivity contribution >= 4 is 11.9 Å². The number of nitrogens with zero attached hydrogens (tertiary/aromatic N) is 4. The van der Waals surface area contributed by atoms with Crippen molar-refractivity contribution in [1.82, 2.24) is 10.2 Å². The summed E-state index contributed by atoms with van der Waals surface area (Å²) in [6, 6.07) is 9.89. The summed E-state index contributed by atoms with van der Waals surface area (Å²) < 4.78 is 6.72. The molecule has 0 radical (unpaired) electrons. The van der Waals surface area contributed by atoms with Crippen LogP contribution in [-0.4, -0.2) is 30.3 Å². The van der Waals surface area contributed by atoms with Gasteiger partial charge in [-0.25, -0.2) is 4.99 Å². The van der Waals surface area contributed by atoms with Crippen LogP contribution in [0.15, 0.2) is 46.0 Å². The summed E-state index contributed by atoms with van der Waals surface area (Å²) in [7, 11) is 3.27. The molecular weight excluding hydrogens is 256 g/mol. The Kier molecular flexibility index (Phi) is 4.34. The van der Waals surface area contributed by atoms with E-state index in [1.165, 1.54) is 10.5 Å². The van der Waals surface area contributed by atoms with Gasteiger partial charge in [-0.2, -0.15) is 0 Å². The number of aliphatic imine (C=N–C) groups is 1. The Hall–Kier alpha value is -2.37. The fourth-order valence-electron chi connectivity index (χ4n) is 1.75. The van der Waals surface area contributed by atoms with Crippen molar-refractivity contribution in [3.8, 4) is 0 Å². The van der Waals surface area contributed by atoms with Crippen LogP contribution in [-0.2, 0) is 6.42 Å². The highest BCUT2D eigenvalue weighted by Crippen LogP contribution is 2.11. The van der Waals surface area contributed by atoms with Gasteiger partial charge >= 0.3 is 5.88 Å². The second-order valence-electron chi connectivity index (χ2n) is 4.85.